The molecule has 2 saturated carbocycles. The largest absolute Gasteiger partial charge is 0.310 e. The van der Waals surface area contributed by atoms with E-state index in [1.54, 1.807) is 22.3 Å². The van der Waals surface area contributed by atoms with Crippen LogP contribution in [0.2, 0.25) is 0 Å². The molecule has 2 fully saturated rings. The highest BCUT2D eigenvalue weighted by Crippen LogP contribution is 2.56. The lowest BCUT2D eigenvalue weighted by molar-refractivity contribution is 0.714. The third-order valence-electron chi connectivity index (χ3n) is 13.8. The molecule has 2 nitrogen and oxygen atoms in total. The minimum Gasteiger partial charge on any atom is -0.310 e. The zero-order chi connectivity index (χ0) is 39.1. The van der Waals surface area contributed by atoms with E-state index in [4.69, 9.17) is 0 Å². The number of hydrogen-bond acceptors (Lipinski definition) is 2. The molecule has 0 saturated heterocycles. The lowest BCUT2D eigenvalue weighted by Crippen LogP contribution is -2.13. The highest BCUT2D eigenvalue weighted by Gasteiger charge is 2.39. The van der Waals surface area contributed by atoms with Gasteiger partial charge in [0, 0.05) is 43.1 Å². The Morgan fingerprint density at radius 2 is 0.759 bits per heavy atom. The average molecular weight is 883 g/mol. The van der Waals surface area contributed by atoms with Crippen LogP contribution in [-0.4, -0.2) is 0 Å². The first-order chi connectivity index (χ1) is 28.3. The first kappa shape index (κ1) is 36.2. The van der Waals surface area contributed by atoms with Crippen molar-refractivity contribution in [3.05, 3.63) is 188 Å². The van der Waals surface area contributed by atoms with Gasteiger partial charge < -0.3 is 9.80 Å². The summed E-state index contributed by atoms with van der Waals surface area (Å²) < 4.78 is 2.13. The minimum atomic E-state index is 0.728. The third kappa shape index (κ3) is 6.26. The average Bonchev–Trinajstić information content (AvgIpc) is 4.07. The zero-order valence-electron chi connectivity index (χ0n) is 33.1. The molecule has 0 heterocycles. The van der Waals surface area contributed by atoms with Crippen LogP contribution in [-0.2, 0) is 0 Å². The van der Waals surface area contributed by atoms with Crippen LogP contribution in [0.3, 0.4) is 0 Å². The van der Waals surface area contributed by atoms with Gasteiger partial charge in [0.2, 0.25) is 0 Å². The molecule has 7 aromatic carbocycles. The Balaban J connectivity index is 1.01. The fourth-order valence-corrected chi connectivity index (χ4v) is 11.9. The van der Waals surface area contributed by atoms with Crippen molar-refractivity contribution in [1.29, 1.82) is 0 Å². The topological polar surface area (TPSA) is 6.48 Å². The van der Waals surface area contributed by atoms with Crippen LogP contribution >= 0.6 is 31.9 Å². The van der Waals surface area contributed by atoms with Gasteiger partial charge in [-0.15, -0.1) is 0 Å². The van der Waals surface area contributed by atoms with E-state index in [9.17, 15) is 0 Å². The molecule has 4 aliphatic rings. The van der Waals surface area contributed by atoms with Gasteiger partial charge in [-0.05, 0) is 223 Å². The number of anilines is 6. The molecular weight excluding hydrogens is 836 g/mol. The molecule has 4 aliphatic carbocycles. The van der Waals surface area contributed by atoms with Gasteiger partial charge in [-0.1, -0.05) is 86.5 Å². The molecule has 4 bridgehead atoms. The first-order valence-corrected chi connectivity index (χ1v) is 22.6. The molecule has 0 aromatic heterocycles. The molecule has 11 rings (SSSR count). The summed E-state index contributed by atoms with van der Waals surface area (Å²) in [5.41, 5.74) is 21.2. The van der Waals surface area contributed by atoms with E-state index in [0.29, 0.717) is 0 Å². The van der Waals surface area contributed by atoms with Crippen molar-refractivity contribution in [2.24, 2.45) is 0 Å². The maximum Gasteiger partial charge on any atom is 0.0482 e. The zero-order valence-corrected chi connectivity index (χ0v) is 36.2. The number of rotatable bonds is 8. The fourth-order valence-electron chi connectivity index (χ4n) is 11.3. The van der Waals surface area contributed by atoms with Crippen molar-refractivity contribution in [3.8, 4) is 22.3 Å². The third-order valence-corrected chi connectivity index (χ3v) is 14.8. The SMILES string of the molecule is Cc1cc(-c2cccc(N(c3ccc(Br)cc3)c3cccc(N(c4ccc(Br)cc4)c4cccc(-c5cc(C)c6c(c5)C5CCC6C5)c4)c3)c2)cc2c1C1CCC2C1. The van der Waals surface area contributed by atoms with E-state index in [-0.39, 0.29) is 0 Å². The van der Waals surface area contributed by atoms with Gasteiger partial charge >= 0.3 is 0 Å². The Labute approximate surface area is 359 Å². The Morgan fingerprint density at radius 1 is 0.379 bits per heavy atom. The predicted octanol–water partition coefficient (Wildman–Crippen LogP) is 16.8. The van der Waals surface area contributed by atoms with E-state index >= 15 is 0 Å². The Morgan fingerprint density at radius 3 is 1.19 bits per heavy atom. The summed E-state index contributed by atoms with van der Waals surface area (Å²) in [6.45, 7) is 4.66. The fraction of sp³-hybridized carbons (Fsp3) is 0.222. The molecule has 4 heteroatoms. The van der Waals surface area contributed by atoms with E-state index in [0.717, 1.165) is 66.7 Å². The van der Waals surface area contributed by atoms with Crippen LogP contribution in [0.25, 0.3) is 22.3 Å². The molecule has 0 aliphatic heterocycles. The minimum absolute atomic E-state index is 0.728. The molecule has 0 N–H and O–H groups in total. The second-order valence-corrected chi connectivity index (χ2v) is 19.1. The Kier molecular flexibility index (Phi) is 9.01. The predicted molar refractivity (Wildman–Crippen MR) is 250 cm³/mol. The van der Waals surface area contributed by atoms with Crippen molar-refractivity contribution >= 4 is 66.0 Å². The number of benzene rings is 7. The summed E-state index contributed by atoms with van der Waals surface area (Å²) in [6.07, 6.45) is 8.06. The highest BCUT2D eigenvalue weighted by molar-refractivity contribution is 9.10. The maximum atomic E-state index is 3.70. The van der Waals surface area contributed by atoms with Gasteiger partial charge in [0.25, 0.3) is 0 Å². The number of fused-ring (bicyclic) bond motifs is 10. The van der Waals surface area contributed by atoms with Crippen LogP contribution in [0, 0.1) is 13.8 Å². The van der Waals surface area contributed by atoms with Crippen LogP contribution in [0.15, 0.2) is 155 Å². The molecule has 7 aromatic rings. The standard InChI is InChI=1S/C54H46Br2N2/c1-33-24-41(30-51-37-12-14-39(26-37)53(33)51)35-6-3-8-47(28-35)57(45-20-16-43(55)17-21-45)49-10-5-11-50(32-49)58(46-22-18-44(56)19-23-46)48-9-4-7-36(29-48)42-25-34(2)54-40-15-13-38(27-40)52(54)31-42/h3-11,16-25,28-32,37-40H,12-15,26-27H2,1-2H3. The molecule has 286 valence electrons. The Bertz CT molecular complexity index is 2530. The van der Waals surface area contributed by atoms with Gasteiger partial charge in [0.15, 0.2) is 0 Å². The van der Waals surface area contributed by atoms with Crippen LogP contribution in [0.4, 0.5) is 34.1 Å². The summed E-state index contributed by atoms with van der Waals surface area (Å²) in [4.78, 5) is 4.80. The summed E-state index contributed by atoms with van der Waals surface area (Å²) in [6, 6.07) is 54.6. The second-order valence-electron chi connectivity index (χ2n) is 17.3. The van der Waals surface area contributed by atoms with Gasteiger partial charge in [-0.3, -0.25) is 0 Å². The quantitative estimate of drug-likeness (QED) is 0.150. The monoisotopic (exact) mass is 880 g/mol. The summed E-state index contributed by atoms with van der Waals surface area (Å²) in [5, 5.41) is 0. The van der Waals surface area contributed by atoms with Gasteiger partial charge in [0.1, 0.15) is 0 Å². The second kappa shape index (κ2) is 14.4. The number of hydrogen-bond donors (Lipinski definition) is 0. The van der Waals surface area contributed by atoms with E-state index in [2.05, 4.69) is 201 Å². The molecule has 4 atom stereocenters. The summed E-state index contributed by atoms with van der Waals surface area (Å²) >= 11 is 7.41. The number of halogens is 2. The molecule has 0 radical (unpaired) electrons. The van der Waals surface area contributed by atoms with E-state index in [1.807, 2.05) is 0 Å². The smallest absolute Gasteiger partial charge is 0.0482 e. The van der Waals surface area contributed by atoms with Crippen LogP contribution in [0.1, 0.15) is 95.6 Å². The van der Waals surface area contributed by atoms with Crippen molar-refractivity contribution in [2.45, 2.75) is 76.0 Å². The lowest BCUT2D eigenvalue weighted by Gasteiger charge is -2.30. The van der Waals surface area contributed by atoms with Crippen molar-refractivity contribution in [2.75, 3.05) is 9.80 Å². The first-order valence-electron chi connectivity index (χ1n) is 21.1. The lowest BCUT2D eigenvalue weighted by atomic mass is 9.86. The summed E-state index contributed by atoms with van der Waals surface area (Å²) in [5.74, 6) is 2.98. The van der Waals surface area contributed by atoms with Gasteiger partial charge in [-0.25, -0.2) is 0 Å². The van der Waals surface area contributed by atoms with Crippen molar-refractivity contribution < 1.29 is 0 Å². The summed E-state index contributed by atoms with van der Waals surface area (Å²) in [7, 11) is 0. The molecular formula is C54H46Br2N2. The van der Waals surface area contributed by atoms with Gasteiger partial charge in [-0.2, -0.15) is 0 Å². The van der Waals surface area contributed by atoms with Crippen LogP contribution in [0.5, 0.6) is 0 Å². The van der Waals surface area contributed by atoms with Crippen LogP contribution < -0.4 is 9.80 Å². The Hall–Kier alpha value is -4.90. The van der Waals surface area contributed by atoms with E-state index in [1.165, 1.54) is 71.9 Å². The highest BCUT2D eigenvalue weighted by atomic mass is 79.9. The van der Waals surface area contributed by atoms with E-state index < -0.39 is 0 Å². The van der Waals surface area contributed by atoms with Crippen molar-refractivity contribution in [1.82, 2.24) is 0 Å². The molecule has 4 unspecified atom stereocenters. The normalized spacial score (nSPS) is 19.7. The van der Waals surface area contributed by atoms with Crippen molar-refractivity contribution in [3.63, 3.8) is 0 Å². The number of nitrogens with zero attached hydrogens (tertiary/aromatic N) is 2. The van der Waals surface area contributed by atoms with Gasteiger partial charge in [0.05, 0.1) is 0 Å². The molecule has 0 amide bonds. The molecule has 0 spiro atoms. The number of aryl methyl sites for hydroxylation is 2. The molecule has 58 heavy (non-hydrogen) atoms. The maximum absolute atomic E-state index is 3.70.